The number of rotatable bonds is 4. The predicted octanol–water partition coefficient (Wildman–Crippen LogP) is 0.513. The van der Waals surface area contributed by atoms with Gasteiger partial charge in [0.15, 0.2) is 0 Å². The number of carbonyl (C=O) groups is 1. The summed E-state index contributed by atoms with van der Waals surface area (Å²) in [6, 6.07) is 2.93. The molecule has 0 heterocycles. The SMILES string of the molecule is O=C(O)c1ccc(S(=O)(=O)NS(=O)(=O)C(F)(F)F)cc1. The number of halogens is 3. The van der Waals surface area contributed by atoms with E-state index < -0.39 is 36.4 Å². The van der Waals surface area contributed by atoms with E-state index in [9.17, 15) is 34.8 Å². The van der Waals surface area contributed by atoms with Gasteiger partial charge in [-0.25, -0.2) is 21.6 Å². The Kier molecular flexibility index (Phi) is 4.12. The molecule has 112 valence electrons. The van der Waals surface area contributed by atoms with E-state index in [2.05, 4.69) is 0 Å². The van der Waals surface area contributed by atoms with E-state index in [1.165, 1.54) is 0 Å². The van der Waals surface area contributed by atoms with Crippen molar-refractivity contribution >= 4 is 26.0 Å². The molecule has 0 aliphatic rings. The van der Waals surface area contributed by atoms with Crippen LogP contribution in [0.1, 0.15) is 10.4 Å². The minimum absolute atomic E-state index is 0.317. The first-order valence-electron chi connectivity index (χ1n) is 4.55. The molecule has 0 aliphatic heterocycles. The largest absolute Gasteiger partial charge is 0.512 e. The lowest BCUT2D eigenvalue weighted by atomic mass is 10.2. The van der Waals surface area contributed by atoms with Crippen LogP contribution in [0.25, 0.3) is 0 Å². The van der Waals surface area contributed by atoms with Crippen LogP contribution in [0.5, 0.6) is 0 Å². The van der Waals surface area contributed by atoms with Crippen LogP contribution in [0.2, 0.25) is 0 Å². The van der Waals surface area contributed by atoms with E-state index in [4.69, 9.17) is 5.11 Å². The number of nitrogens with one attached hydrogen (secondary N) is 1. The number of benzene rings is 1. The number of carboxylic acids is 1. The van der Waals surface area contributed by atoms with E-state index in [1.807, 2.05) is 0 Å². The highest BCUT2D eigenvalue weighted by atomic mass is 32.3. The van der Waals surface area contributed by atoms with Crippen molar-refractivity contribution < 1.29 is 39.9 Å². The maximum atomic E-state index is 12.1. The Bertz CT molecular complexity index is 720. The zero-order valence-electron chi connectivity index (χ0n) is 9.25. The summed E-state index contributed by atoms with van der Waals surface area (Å²) in [6.07, 6.45) is 0. The van der Waals surface area contributed by atoms with Gasteiger partial charge in [0, 0.05) is 0 Å². The third-order valence-electron chi connectivity index (χ3n) is 1.94. The summed E-state index contributed by atoms with van der Waals surface area (Å²) in [5, 5.41) is 8.56. The minimum atomic E-state index is -6.08. The molecule has 1 aromatic carbocycles. The van der Waals surface area contributed by atoms with Gasteiger partial charge in [-0.15, -0.1) is 0 Å². The van der Waals surface area contributed by atoms with Crippen molar-refractivity contribution in [2.24, 2.45) is 0 Å². The molecule has 2 N–H and O–H groups in total. The van der Waals surface area contributed by atoms with Crippen molar-refractivity contribution in [3.8, 4) is 0 Å². The van der Waals surface area contributed by atoms with Crippen LogP contribution < -0.4 is 4.13 Å². The van der Waals surface area contributed by atoms with Crippen molar-refractivity contribution in [1.82, 2.24) is 4.13 Å². The molecule has 12 heteroatoms. The van der Waals surface area contributed by atoms with E-state index in [0.717, 1.165) is 12.1 Å². The molecule has 0 bridgehead atoms. The lowest BCUT2D eigenvalue weighted by molar-refractivity contribution is -0.0441. The van der Waals surface area contributed by atoms with Gasteiger partial charge in [-0.1, -0.05) is 4.13 Å². The number of hydrogen-bond donors (Lipinski definition) is 2. The summed E-state index contributed by atoms with van der Waals surface area (Å²) in [4.78, 5) is 9.69. The van der Waals surface area contributed by atoms with E-state index >= 15 is 0 Å². The molecular weight excluding hydrogens is 327 g/mol. The fourth-order valence-corrected chi connectivity index (χ4v) is 3.43. The Hall–Kier alpha value is -1.66. The van der Waals surface area contributed by atoms with Crippen LogP contribution in [0.4, 0.5) is 13.2 Å². The van der Waals surface area contributed by atoms with Crippen molar-refractivity contribution in [1.29, 1.82) is 0 Å². The zero-order valence-corrected chi connectivity index (χ0v) is 10.9. The van der Waals surface area contributed by atoms with Gasteiger partial charge in [0.05, 0.1) is 10.5 Å². The standard InChI is InChI=1S/C8H6F3NO6S2/c9-8(10,11)20(17,18)12-19(15,16)6-3-1-5(2-4-6)7(13)14/h1-4,12H,(H,13,14). The molecule has 20 heavy (non-hydrogen) atoms. The highest BCUT2D eigenvalue weighted by Crippen LogP contribution is 2.23. The number of sulfonamides is 2. The molecule has 0 saturated carbocycles. The first-order valence-corrected chi connectivity index (χ1v) is 7.52. The van der Waals surface area contributed by atoms with Crippen LogP contribution in [0.3, 0.4) is 0 Å². The second kappa shape index (κ2) is 5.03. The van der Waals surface area contributed by atoms with E-state index in [0.29, 0.717) is 16.3 Å². The molecule has 0 amide bonds. The van der Waals surface area contributed by atoms with Gasteiger partial charge in [-0.2, -0.15) is 13.2 Å². The predicted molar refractivity (Wildman–Crippen MR) is 58.7 cm³/mol. The quantitative estimate of drug-likeness (QED) is 0.829. The smallest absolute Gasteiger partial charge is 0.478 e. The van der Waals surface area contributed by atoms with Crippen LogP contribution in [0, 0.1) is 0 Å². The molecule has 0 aromatic heterocycles. The van der Waals surface area contributed by atoms with Gasteiger partial charge in [-0.3, -0.25) is 0 Å². The fraction of sp³-hybridized carbons (Fsp3) is 0.125. The third kappa shape index (κ3) is 3.46. The van der Waals surface area contributed by atoms with Gasteiger partial charge in [0.25, 0.3) is 10.0 Å². The Labute approximate surface area is 111 Å². The normalized spacial score (nSPS) is 13.2. The minimum Gasteiger partial charge on any atom is -0.478 e. The Morgan fingerprint density at radius 3 is 1.85 bits per heavy atom. The highest BCUT2D eigenvalue weighted by Gasteiger charge is 2.48. The monoisotopic (exact) mass is 333 g/mol. The Morgan fingerprint density at radius 1 is 1.05 bits per heavy atom. The molecular formula is C8H6F3NO6S2. The van der Waals surface area contributed by atoms with Crippen LogP contribution in [-0.2, 0) is 20.0 Å². The number of carboxylic acid groups (broad SMARTS) is 1. The maximum Gasteiger partial charge on any atom is 0.512 e. The summed E-state index contributed by atoms with van der Waals surface area (Å²) in [5.74, 6) is -1.38. The van der Waals surface area contributed by atoms with Crippen molar-refractivity contribution in [3.63, 3.8) is 0 Å². The average molecular weight is 333 g/mol. The van der Waals surface area contributed by atoms with Gasteiger partial charge in [-0.05, 0) is 24.3 Å². The van der Waals surface area contributed by atoms with Gasteiger partial charge in [0.2, 0.25) is 0 Å². The molecule has 0 atom stereocenters. The second-order valence-corrected chi connectivity index (χ2v) is 6.98. The summed E-state index contributed by atoms with van der Waals surface area (Å²) in [7, 11) is -11.1. The van der Waals surface area contributed by atoms with Crippen LogP contribution in [0.15, 0.2) is 29.2 Å². The van der Waals surface area contributed by atoms with Crippen molar-refractivity contribution in [2.75, 3.05) is 0 Å². The molecule has 0 unspecified atom stereocenters. The van der Waals surface area contributed by atoms with Gasteiger partial charge >= 0.3 is 21.5 Å². The summed E-state index contributed by atoms with van der Waals surface area (Å²) in [5.41, 5.74) is -6.11. The van der Waals surface area contributed by atoms with Crippen LogP contribution >= 0.6 is 0 Å². The first-order chi connectivity index (χ1) is 8.87. The van der Waals surface area contributed by atoms with Crippen molar-refractivity contribution in [2.45, 2.75) is 10.4 Å². The third-order valence-corrected chi connectivity index (χ3v) is 5.19. The van der Waals surface area contributed by atoms with E-state index in [1.54, 1.807) is 0 Å². The highest BCUT2D eigenvalue weighted by molar-refractivity contribution is 8.05. The number of alkyl halides is 3. The number of aromatic carboxylic acids is 1. The second-order valence-electron chi connectivity index (χ2n) is 3.37. The molecule has 0 aliphatic carbocycles. The fourth-order valence-electron chi connectivity index (χ4n) is 1.02. The summed E-state index contributed by atoms with van der Waals surface area (Å²) < 4.78 is 81.0. The Balaban J connectivity index is 3.16. The maximum absolute atomic E-state index is 12.1. The topological polar surface area (TPSA) is 118 Å². The summed E-state index contributed by atoms with van der Waals surface area (Å²) in [6.45, 7) is 0. The van der Waals surface area contributed by atoms with E-state index in [-0.39, 0.29) is 5.56 Å². The molecule has 0 saturated heterocycles. The number of hydrogen-bond acceptors (Lipinski definition) is 5. The molecule has 0 spiro atoms. The molecule has 1 aromatic rings. The molecule has 0 radical (unpaired) electrons. The Morgan fingerprint density at radius 2 is 1.50 bits per heavy atom. The lowest BCUT2D eigenvalue weighted by Gasteiger charge is -2.10. The van der Waals surface area contributed by atoms with Crippen LogP contribution in [-0.4, -0.2) is 33.4 Å². The summed E-state index contributed by atoms with van der Waals surface area (Å²) >= 11 is 0. The average Bonchev–Trinajstić information content (AvgIpc) is 2.26. The molecule has 1 rings (SSSR count). The zero-order chi connectivity index (χ0) is 15.8. The lowest BCUT2D eigenvalue weighted by Crippen LogP contribution is -2.40. The van der Waals surface area contributed by atoms with Gasteiger partial charge in [0.1, 0.15) is 0 Å². The molecule has 7 nitrogen and oxygen atoms in total. The first kappa shape index (κ1) is 16.4. The van der Waals surface area contributed by atoms with Gasteiger partial charge < -0.3 is 5.11 Å². The van der Waals surface area contributed by atoms with Crippen molar-refractivity contribution in [3.05, 3.63) is 29.8 Å². The molecule has 0 fully saturated rings.